The molecule has 1 saturated heterocycles. The molecule has 0 bridgehead atoms. The lowest BCUT2D eigenvalue weighted by molar-refractivity contribution is 0.0350. The number of alkyl halides is 1. The zero-order chi connectivity index (χ0) is 22.7. The van der Waals surface area contributed by atoms with Gasteiger partial charge in [-0.25, -0.2) is 0 Å². The Morgan fingerprint density at radius 2 is 2.03 bits per heavy atom. The van der Waals surface area contributed by atoms with Crippen LogP contribution in [0, 0.1) is 5.92 Å². The van der Waals surface area contributed by atoms with Crippen molar-refractivity contribution in [3.05, 3.63) is 53.9 Å². The van der Waals surface area contributed by atoms with Crippen LogP contribution in [0.25, 0.3) is 17.0 Å². The summed E-state index contributed by atoms with van der Waals surface area (Å²) in [4.78, 5) is 4.56. The average Bonchev–Trinajstić information content (AvgIpc) is 3.36. The summed E-state index contributed by atoms with van der Waals surface area (Å²) in [6.07, 6.45) is 6.85. The molecular weight excluding hydrogens is 426 g/mol. The number of hydrogen-bond acceptors (Lipinski definition) is 6. The van der Waals surface area contributed by atoms with Crippen LogP contribution in [0.15, 0.2) is 47.0 Å². The molecule has 1 N–H and O–H groups in total. The Kier molecular flexibility index (Phi) is 7.15. The molecule has 2 aliphatic rings. The zero-order valence-electron chi connectivity index (χ0n) is 19.2. The molecule has 0 spiro atoms. The van der Waals surface area contributed by atoms with Gasteiger partial charge < -0.3 is 19.3 Å². The van der Waals surface area contributed by atoms with Crippen LogP contribution in [0.2, 0.25) is 0 Å². The number of hydrogen-bond donors (Lipinski definition) is 1. The van der Waals surface area contributed by atoms with E-state index >= 15 is 0 Å². The van der Waals surface area contributed by atoms with Crippen molar-refractivity contribution in [2.45, 2.75) is 63.8 Å². The minimum absolute atomic E-state index is 0.00856. The fourth-order valence-corrected chi connectivity index (χ4v) is 4.42. The molecule has 0 radical (unpaired) electrons. The summed E-state index contributed by atoms with van der Waals surface area (Å²) in [7, 11) is 0. The first kappa shape index (κ1) is 23.2. The van der Waals surface area contributed by atoms with Gasteiger partial charge in [0, 0.05) is 24.2 Å². The summed E-state index contributed by atoms with van der Waals surface area (Å²) in [5, 5.41) is 7.40. The fraction of sp³-hybridized carbons (Fsp3) is 0.520. The number of benzene rings is 1. The highest BCUT2D eigenvalue weighted by Gasteiger charge is 2.31. The number of nitrogens with zero attached hydrogens (tertiary/aromatic N) is 2. The standard InChI is InChI=1S/C25H32ClN3O3/c1-16(2)31-22-10-9-20(11-21(22)26)23-28-24(32-29-23)19-7-5-17(6-8-19)13-27-14-18-12-25(3,4)30-15-18/h5-11,16,18,21-22,27H,12-15H2,1-4H3. The van der Waals surface area contributed by atoms with Gasteiger partial charge in [-0.2, -0.15) is 4.98 Å². The molecule has 0 amide bonds. The minimum Gasteiger partial charge on any atom is -0.375 e. The molecular formula is C25H32ClN3O3. The van der Waals surface area contributed by atoms with E-state index in [1.807, 2.05) is 44.2 Å². The summed E-state index contributed by atoms with van der Waals surface area (Å²) in [6.45, 7) is 10.9. The van der Waals surface area contributed by atoms with E-state index in [4.69, 9.17) is 25.6 Å². The molecule has 172 valence electrons. The minimum atomic E-state index is -0.270. The van der Waals surface area contributed by atoms with E-state index in [-0.39, 0.29) is 23.2 Å². The van der Waals surface area contributed by atoms with Gasteiger partial charge in [0.15, 0.2) is 0 Å². The van der Waals surface area contributed by atoms with Gasteiger partial charge in [0.05, 0.1) is 29.8 Å². The van der Waals surface area contributed by atoms with Crippen molar-refractivity contribution in [2.24, 2.45) is 5.92 Å². The predicted molar refractivity (Wildman–Crippen MR) is 126 cm³/mol. The normalized spacial score (nSPS) is 24.8. The maximum atomic E-state index is 6.46. The smallest absolute Gasteiger partial charge is 0.258 e. The first-order valence-electron chi connectivity index (χ1n) is 11.3. The topological polar surface area (TPSA) is 69.4 Å². The second-order valence-electron chi connectivity index (χ2n) is 9.47. The molecule has 7 heteroatoms. The Balaban J connectivity index is 1.32. The van der Waals surface area contributed by atoms with E-state index in [9.17, 15) is 0 Å². The van der Waals surface area contributed by atoms with Crippen LogP contribution in [-0.4, -0.2) is 46.5 Å². The second-order valence-corrected chi connectivity index (χ2v) is 9.97. The monoisotopic (exact) mass is 457 g/mol. The largest absolute Gasteiger partial charge is 0.375 e. The van der Waals surface area contributed by atoms with E-state index in [0.717, 1.165) is 37.3 Å². The summed E-state index contributed by atoms with van der Waals surface area (Å²) in [5.41, 5.74) is 2.95. The molecule has 1 aromatic carbocycles. The highest BCUT2D eigenvalue weighted by molar-refractivity contribution is 6.23. The molecule has 3 unspecified atom stereocenters. The van der Waals surface area contributed by atoms with Gasteiger partial charge in [-0.3, -0.25) is 0 Å². The highest BCUT2D eigenvalue weighted by atomic mass is 35.5. The predicted octanol–water partition coefficient (Wildman–Crippen LogP) is 5.00. The maximum Gasteiger partial charge on any atom is 0.258 e. The van der Waals surface area contributed by atoms with Crippen molar-refractivity contribution in [3.8, 4) is 11.5 Å². The average molecular weight is 458 g/mol. The Morgan fingerprint density at radius 3 is 2.69 bits per heavy atom. The van der Waals surface area contributed by atoms with Crippen molar-refractivity contribution in [3.63, 3.8) is 0 Å². The van der Waals surface area contributed by atoms with E-state index < -0.39 is 0 Å². The van der Waals surface area contributed by atoms with Crippen LogP contribution in [0.3, 0.4) is 0 Å². The Labute approximate surface area is 195 Å². The van der Waals surface area contributed by atoms with Gasteiger partial charge in [-0.05, 0) is 57.7 Å². The quantitative estimate of drug-likeness (QED) is 0.563. The van der Waals surface area contributed by atoms with Crippen molar-refractivity contribution < 1.29 is 14.0 Å². The molecule has 1 aliphatic heterocycles. The lowest BCUT2D eigenvalue weighted by Crippen LogP contribution is -2.26. The molecule has 3 atom stereocenters. The van der Waals surface area contributed by atoms with E-state index in [1.54, 1.807) is 0 Å². The molecule has 1 aliphatic carbocycles. The maximum absolute atomic E-state index is 6.46. The summed E-state index contributed by atoms with van der Waals surface area (Å²) >= 11 is 6.46. The van der Waals surface area contributed by atoms with E-state index in [2.05, 4.69) is 41.4 Å². The first-order chi connectivity index (χ1) is 15.3. The third kappa shape index (κ3) is 5.87. The second kappa shape index (κ2) is 9.87. The lowest BCUT2D eigenvalue weighted by Gasteiger charge is -2.23. The molecule has 1 aromatic heterocycles. The van der Waals surface area contributed by atoms with Crippen LogP contribution >= 0.6 is 11.6 Å². The van der Waals surface area contributed by atoms with Gasteiger partial charge in [-0.15, -0.1) is 11.6 Å². The SMILES string of the molecule is CC(C)OC1C=CC(c2noc(-c3ccc(CNCC4COC(C)(C)C4)cc3)n2)=CC1Cl. The van der Waals surface area contributed by atoms with Gasteiger partial charge in [0.1, 0.15) is 0 Å². The number of aromatic nitrogens is 2. The van der Waals surface area contributed by atoms with Crippen molar-refractivity contribution in [1.82, 2.24) is 15.5 Å². The molecule has 6 nitrogen and oxygen atoms in total. The number of ether oxygens (including phenoxy) is 2. The van der Waals surface area contributed by atoms with Gasteiger partial charge in [0.25, 0.3) is 5.89 Å². The zero-order valence-corrected chi connectivity index (χ0v) is 19.9. The number of allylic oxidation sites excluding steroid dienone is 2. The van der Waals surface area contributed by atoms with E-state index in [0.29, 0.717) is 17.6 Å². The molecule has 2 aromatic rings. The molecule has 1 fully saturated rings. The molecule has 2 heterocycles. The summed E-state index contributed by atoms with van der Waals surface area (Å²) in [6, 6.07) is 8.20. The third-order valence-corrected chi connectivity index (χ3v) is 6.06. The van der Waals surface area contributed by atoms with Gasteiger partial charge in [-0.1, -0.05) is 35.5 Å². The van der Waals surface area contributed by atoms with Crippen LogP contribution in [0.4, 0.5) is 0 Å². The summed E-state index contributed by atoms with van der Waals surface area (Å²) in [5.74, 6) is 1.59. The van der Waals surface area contributed by atoms with Gasteiger partial charge in [0.2, 0.25) is 5.82 Å². The first-order valence-corrected chi connectivity index (χ1v) is 11.7. The van der Waals surface area contributed by atoms with Crippen molar-refractivity contribution in [2.75, 3.05) is 13.2 Å². The van der Waals surface area contributed by atoms with Crippen molar-refractivity contribution in [1.29, 1.82) is 0 Å². The highest BCUT2D eigenvalue weighted by Crippen LogP contribution is 2.29. The molecule has 4 rings (SSSR count). The third-order valence-electron chi connectivity index (χ3n) is 5.68. The molecule has 32 heavy (non-hydrogen) atoms. The van der Waals surface area contributed by atoms with Crippen molar-refractivity contribution >= 4 is 17.2 Å². The number of nitrogens with one attached hydrogen (secondary N) is 1. The summed E-state index contributed by atoms with van der Waals surface area (Å²) < 4.78 is 17.1. The Bertz CT molecular complexity index is 965. The Hall–Kier alpha value is -1.99. The number of rotatable bonds is 8. The molecule has 0 saturated carbocycles. The van der Waals surface area contributed by atoms with Crippen LogP contribution in [-0.2, 0) is 16.0 Å². The van der Waals surface area contributed by atoms with Crippen LogP contribution < -0.4 is 5.32 Å². The van der Waals surface area contributed by atoms with Crippen LogP contribution in [0.1, 0.15) is 45.5 Å². The van der Waals surface area contributed by atoms with E-state index in [1.165, 1.54) is 5.56 Å². The number of halogens is 1. The Morgan fingerprint density at radius 1 is 1.25 bits per heavy atom. The van der Waals surface area contributed by atoms with Crippen LogP contribution in [0.5, 0.6) is 0 Å². The fourth-order valence-electron chi connectivity index (χ4n) is 4.14. The lowest BCUT2D eigenvalue weighted by atomic mass is 9.98. The van der Waals surface area contributed by atoms with Gasteiger partial charge >= 0.3 is 0 Å².